The van der Waals surface area contributed by atoms with Crippen LogP contribution in [0.3, 0.4) is 0 Å². The summed E-state index contributed by atoms with van der Waals surface area (Å²) in [5.41, 5.74) is 1.76. The van der Waals surface area contributed by atoms with Crippen molar-refractivity contribution < 1.29 is 4.79 Å². The van der Waals surface area contributed by atoms with Crippen molar-refractivity contribution in [3.8, 4) is 0 Å². The molecule has 0 spiro atoms. The fourth-order valence-electron chi connectivity index (χ4n) is 3.90. The smallest absolute Gasteiger partial charge is 0.239 e. The van der Waals surface area contributed by atoms with Gasteiger partial charge in [0.2, 0.25) is 5.91 Å². The van der Waals surface area contributed by atoms with Crippen molar-refractivity contribution >= 4 is 16.8 Å². The minimum absolute atomic E-state index is 0.0350. The SMILES string of the molecule is CC1C(=O)N2CCCC2CN1Cc1cc(=O)c2ccccc2[nH]1. The van der Waals surface area contributed by atoms with Gasteiger partial charge in [-0.05, 0) is 31.9 Å². The highest BCUT2D eigenvalue weighted by molar-refractivity contribution is 5.83. The predicted molar refractivity (Wildman–Crippen MR) is 89.2 cm³/mol. The molecule has 2 saturated heterocycles. The number of H-pyrrole nitrogens is 1. The number of aromatic nitrogens is 1. The second-order valence-electron chi connectivity index (χ2n) is 6.64. The molecule has 4 rings (SSSR count). The highest BCUT2D eigenvalue weighted by atomic mass is 16.2. The van der Waals surface area contributed by atoms with Crippen molar-refractivity contribution in [1.29, 1.82) is 0 Å². The van der Waals surface area contributed by atoms with Gasteiger partial charge in [-0.15, -0.1) is 0 Å². The van der Waals surface area contributed by atoms with E-state index < -0.39 is 0 Å². The van der Waals surface area contributed by atoms with Crippen molar-refractivity contribution in [2.45, 2.75) is 38.4 Å². The van der Waals surface area contributed by atoms with Gasteiger partial charge in [0.15, 0.2) is 5.43 Å². The Balaban J connectivity index is 1.62. The van der Waals surface area contributed by atoms with Crippen LogP contribution in [0, 0.1) is 0 Å². The lowest BCUT2D eigenvalue weighted by Crippen LogP contribution is -2.58. The van der Waals surface area contributed by atoms with Gasteiger partial charge in [0.1, 0.15) is 0 Å². The first-order valence-electron chi connectivity index (χ1n) is 8.29. The fraction of sp³-hybridized carbons (Fsp3) is 0.444. The highest BCUT2D eigenvalue weighted by Crippen LogP contribution is 2.26. The molecule has 5 nitrogen and oxygen atoms in total. The summed E-state index contributed by atoms with van der Waals surface area (Å²) in [6.45, 7) is 4.36. The first kappa shape index (κ1) is 14.5. The molecule has 1 aromatic heterocycles. The molecule has 0 saturated carbocycles. The monoisotopic (exact) mass is 311 g/mol. The van der Waals surface area contributed by atoms with Crippen molar-refractivity contribution in [2.24, 2.45) is 0 Å². The van der Waals surface area contributed by atoms with E-state index in [1.165, 1.54) is 0 Å². The molecule has 0 bridgehead atoms. The summed E-state index contributed by atoms with van der Waals surface area (Å²) >= 11 is 0. The number of nitrogens with zero attached hydrogens (tertiary/aromatic N) is 2. The van der Waals surface area contributed by atoms with Crippen molar-refractivity contribution in [3.63, 3.8) is 0 Å². The zero-order valence-corrected chi connectivity index (χ0v) is 13.3. The maximum Gasteiger partial charge on any atom is 0.239 e. The Morgan fingerprint density at radius 2 is 2.09 bits per heavy atom. The van der Waals surface area contributed by atoms with Crippen LogP contribution in [-0.4, -0.2) is 45.9 Å². The molecule has 2 aromatic rings. The zero-order valence-electron chi connectivity index (χ0n) is 13.3. The fourth-order valence-corrected chi connectivity index (χ4v) is 3.90. The lowest BCUT2D eigenvalue weighted by Gasteiger charge is -2.41. The van der Waals surface area contributed by atoms with E-state index in [-0.39, 0.29) is 17.4 Å². The van der Waals surface area contributed by atoms with Crippen molar-refractivity contribution in [2.75, 3.05) is 13.1 Å². The molecule has 0 radical (unpaired) electrons. The van der Waals surface area contributed by atoms with E-state index in [9.17, 15) is 9.59 Å². The van der Waals surface area contributed by atoms with Crippen molar-refractivity contribution in [3.05, 3.63) is 46.2 Å². The summed E-state index contributed by atoms with van der Waals surface area (Å²) < 4.78 is 0. The van der Waals surface area contributed by atoms with Gasteiger partial charge in [-0.25, -0.2) is 0 Å². The molecule has 1 aromatic carbocycles. The van der Waals surface area contributed by atoms with Gasteiger partial charge >= 0.3 is 0 Å². The first-order valence-corrected chi connectivity index (χ1v) is 8.29. The van der Waals surface area contributed by atoms with Crippen LogP contribution in [0.25, 0.3) is 10.9 Å². The maximum atomic E-state index is 12.5. The van der Waals surface area contributed by atoms with Crippen LogP contribution in [0.1, 0.15) is 25.5 Å². The third kappa shape index (κ3) is 2.45. The Bertz CT molecular complexity index is 813. The number of hydrogen-bond donors (Lipinski definition) is 1. The quantitative estimate of drug-likeness (QED) is 0.919. The van der Waals surface area contributed by atoms with Crippen LogP contribution in [0.5, 0.6) is 0 Å². The topological polar surface area (TPSA) is 56.4 Å². The third-order valence-corrected chi connectivity index (χ3v) is 5.18. The van der Waals surface area contributed by atoms with Gasteiger partial charge in [-0.2, -0.15) is 0 Å². The number of carbonyl (C=O) groups excluding carboxylic acids is 1. The van der Waals surface area contributed by atoms with Crippen LogP contribution in [0.15, 0.2) is 35.1 Å². The van der Waals surface area contributed by atoms with Gasteiger partial charge in [-0.1, -0.05) is 12.1 Å². The summed E-state index contributed by atoms with van der Waals surface area (Å²) in [5, 5.41) is 0.709. The number of pyridine rings is 1. The minimum Gasteiger partial charge on any atom is -0.357 e. The number of carbonyl (C=O) groups is 1. The number of aromatic amines is 1. The van der Waals surface area contributed by atoms with Crippen LogP contribution < -0.4 is 5.43 Å². The van der Waals surface area contributed by atoms with Gasteiger partial charge in [-0.3, -0.25) is 14.5 Å². The zero-order chi connectivity index (χ0) is 16.0. The molecule has 0 aliphatic carbocycles. The highest BCUT2D eigenvalue weighted by Gasteiger charge is 2.40. The number of rotatable bonds is 2. The predicted octanol–water partition coefficient (Wildman–Crippen LogP) is 1.72. The van der Waals surface area contributed by atoms with Gasteiger partial charge in [0, 0.05) is 48.3 Å². The molecule has 2 fully saturated rings. The van der Waals surface area contributed by atoms with Crippen LogP contribution in [-0.2, 0) is 11.3 Å². The number of piperazine rings is 1. The average molecular weight is 311 g/mol. The Hall–Kier alpha value is -2.14. The maximum absolute atomic E-state index is 12.5. The molecule has 2 aliphatic rings. The molecular formula is C18H21N3O2. The number of hydrogen-bond acceptors (Lipinski definition) is 3. The molecule has 5 heteroatoms. The summed E-state index contributed by atoms with van der Waals surface area (Å²) in [6.07, 6.45) is 2.19. The number of nitrogens with one attached hydrogen (secondary N) is 1. The lowest BCUT2D eigenvalue weighted by atomic mass is 10.1. The molecule has 2 unspecified atom stereocenters. The minimum atomic E-state index is -0.126. The van der Waals surface area contributed by atoms with E-state index in [0.717, 1.165) is 37.1 Å². The molecular weight excluding hydrogens is 290 g/mol. The van der Waals surface area contributed by atoms with Gasteiger partial charge in [0.05, 0.1) is 6.04 Å². The Morgan fingerprint density at radius 1 is 1.26 bits per heavy atom. The average Bonchev–Trinajstić information content (AvgIpc) is 3.01. The summed E-state index contributed by atoms with van der Waals surface area (Å²) in [6, 6.07) is 9.43. The molecule has 120 valence electrons. The van der Waals surface area contributed by atoms with Gasteiger partial charge in [0.25, 0.3) is 0 Å². The molecule has 23 heavy (non-hydrogen) atoms. The standard InChI is InChI=1S/C18H21N3O2/c1-12-18(23)21-8-4-5-14(21)11-20(12)10-13-9-17(22)15-6-2-3-7-16(15)19-13/h2-3,6-7,9,12,14H,4-5,8,10-11H2,1H3,(H,19,22). The molecule has 2 atom stereocenters. The van der Waals surface area contributed by atoms with Crippen molar-refractivity contribution in [1.82, 2.24) is 14.8 Å². The number of fused-ring (bicyclic) bond motifs is 2. The second-order valence-corrected chi connectivity index (χ2v) is 6.64. The molecule has 1 N–H and O–H groups in total. The summed E-state index contributed by atoms with van der Waals surface area (Å²) in [5.74, 6) is 0.224. The first-order chi connectivity index (χ1) is 11.1. The van der Waals surface area contributed by atoms with E-state index >= 15 is 0 Å². The van der Waals surface area contributed by atoms with Crippen LogP contribution >= 0.6 is 0 Å². The summed E-state index contributed by atoms with van der Waals surface area (Å²) in [7, 11) is 0. The summed E-state index contributed by atoms with van der Waals surface area (Å²) in [4.78, 5) is 32.3. The van der Waals surface area contributed by atoms with E-state index in [0.29, 0.717) is 18.0 Å². The van der Waals surface area contributed by atoms with E-state index in [4.69, 9.17) is 0 Å². The van der Waals surface area contributed by atoms with Gasteiger partial charge < -0.3 is 9.88 Å². The largest absolute Gasteiger partial charge is 0.357 e. The van der Waals surface area contributed by atoms with Crippen LogP contribution in [0.2, 0.25) is 0 Å². The number of para-hydroxylation sites is 1. The molecule has 2 aliphatic heterocycles. The normalized spacial score (nSPS) is 25.1. The lowest BCUT2D eigenvalue weighted by molar-refractivity contribution is -0.143. The second kappa shape index (κ2) is 5.49. The number of benzene rings is 1. The van der Waals surface area contributed by atoms with Crippen LogP contribution in [0.4, 0.5) is 0 Å². The molecule has 1 amide bonds. The molecule has 3 heterocycles. The van der Waals surface area contributed by atoms with E-state index in [1.807, 2.05) is 36.1 Å². The van der Waals surface area contributed by atoms with E-state index in [2.05, 4.69) is 9.88 Å². The Kier molecular flexibility index (Phi) is 3.45. The van der Waals surface area contributed by atoms with E-state index in [1.54, 1.807) is 6.07 Å². The Labute approximate surface area is 134 Å². The number of amides is 1. The Morgan fingerprint density at radius 3 is 2.96 bits per heavy atom. The third-order valence-electron chi connectivity index (χ3n) is 5.18.